The molecule has 100 valence electrons. The molecule has 3 heteroatoms. The van der Waals surface area contributed by atoms with Crippen LogP contribution >= 0.6 is 0 Å². The van der Waals surface area contributed by atoms with Crippen molar-refractivity contribution in [3.8, 4) is 0 Å². The van der Waals surface area contributed by atoms with E-state index in [1.54, 1.807) is 0 Å². The van der Waals surface area contributed by atoms with E-state index in [0.29, 0.717) is 0 Å². The fourth-order valence-electron chi connectivity index (χ4n) is 3.22. The van der Waals surface area contributed by atoms with Crippen LogP contribution in [0.2, 0.25) is 0 Å². The number of nitrogens with one attached hydrogen (secondary N) is 1. The molecule has 0 radical (unpaired) electrons. The number of rotatable bonds is 1. The topological polar surface area (TPSA) is 29.9 Å². The van der Waals surface area contributed by atoms with Crippen molar-refractivity contribution < 1.29 is 0 Å². The molecule has 19 heavy (non-hydrogen) atoms. The zero-order valence-electron chi connectivity index (χ0n) is 12.1. The lowest BCUT2D eigenvalue weighted by Crippen LogP contribution is -2.54. The van der Waals surface area contributed by atoms with Crippen molar-refractivity contribution in [2.75, 3.05) is 0 Å². The molecule has 3 nitrogen and oxygen atoms in total. The van der Waals surface area contributed by atoms with E-state index in [1.165, 1.54) is 11.2 Å². The summed E-state index contributed by atoms with van der Waals surface area (Å²) in [6.45, 7) is 8.93. The van der Waals surface area contributed by atoms with Gasteiger partial charge in [-0.2, -0.15) is 0 Å². The molecule has 1 N–H and O–H groups in total. The van der Waals surface area contributed by atoms with Crippen molar-refractivity contribution in [1.29, 1.82) is 0 Å². The van der Waals surface area contributed by atoms with Crippen LogP contribution < -0.4 is 5.32 Å². The van der Waals surface area contributed by atoms with E-state index < -0.39 is 0 Å². The van der Waals surface area contributed by atoms with Crippen molar-refractivity contribution in [1.82, 2.24) is 14.9 Å². The minimum Gasteiger partial charge on any atom is -0.303 e. The Hall–Kier alpha value is -1.61. The second-order valence-electron chi connectivity index (χ2n) is 6.65. The molecule has 0 atom stereocenters. The van der Waals surface area contributed by atoms with Crippen LogP contribution in [0.5, 0.6) is 0 Å². The summed E-state index contributed by atoms with van der Waals surface area (Å²) in [4.78, 5) is 4.49. The summed E-state index contributed by atoms with van der Waals surface area (Å²) in [5.74, 6) is 0. The fraction of sp³-hybridized carbons (Fsp3) is 0.438. The SMILES string of the molecule is CC1(C)C=C(n2cnc3ccccc32)CC(C)(C)N1. The standard InChI is InChI=1S/C16H21N3/c1-15(2)9-12(10-16(3,4)18-15)19-11-17-13-7-5-6-8-14(13)19/h5-9,11,18H,10H2,1-4H3. The first-order chi connectivity index (χ1) is 8.86. The average Bonchev–Trinajstić information content (AvgIpc) is 2.68. The highest BCUT2D eigenvalue weighted by atomic mass is 15.1. The zero-order valence-corrected chi connectivity index (χ0v) is 12.1. The molecular weight excluding hydrogens is 234 g/mol. The van der Waals surface area contributed by atoms with Crippen LogP contribution in [0, 0.1) is 0 Å². The maximum atomic E-state index is 4.49. The quantitative estimate of drug-likeness (QED) is 0.846. The Kier molecular flexibility index (Phi) is 2.58. The predicted molar refractivity (Wildman–Crippen MR) is 79.9 cm³/mol. The lowest BCUT2D eigenvalue weighted by atomic mass is 9.86. The first kappa shape index (κ1) is 12.4. The summed E-state index contributed by atoms with van der Waals surface area (Å²) in [5, 5.41) is 3.66. The molecule has 1 aromatic carbocycles. The van der Waals surface area contributed by atoms with Crippen molar-refractivity contribution in [3.63, 3.8) is 0 Å². The second-order valence-corrected chi connectivity index (χ2v) is 6.65. The lowest BCUT2D eigenvalue weighted by molar-refractivity contribution is 0.293. The van der Waals surface area contributed by atoms with Gasteiger partial charge in [-0.25, -0.2) is 4.98 Å². The number of imidazole rings is 1. The fourth-order valence-corrected chi connectivity index (χ4v) is 3.22. The van der Waals surface area contributed by atoms with E-state index in [0.717, 1.165) is 11.9 Å². The van der Waals surface area contributed by atoms with Gasteiger partial charge in [0, 0.05) is 23.2 Å². The third kappa shape index (κ3) is 2.30. The summed E-state index contributed by atoms with van der Waals surface area (Å²) in [6.07, 6.45) is 5.25. The second kappa shape index (κ2) is 3.94. The number of hydrogen-bond donors (Lipinski definition) is 1. The van der Waals surface area contributed by atoms with Gasteiger partial charge in [0.2, 0.25) is 0 Å². The number of para-hydroxylation sites is 2. The first-order valence-corrected chi connectivity index (χ1v) is 6.80. The Labute approximate surface area is 114 Å². The van der Waals surface area contributed by atoms with Gasteiger partial charge in [-0.05, 0) is 45.9 Å². The smallest absolute Gasteiger partial charge is 0.100 e. The molecule has 0 amide bonds. The Morgan fingerprint density at radius 2 is 1.89 bits per heavy atom. The third-order valence-corrected chi connectivity index (χ3v) is 3.57. The van der Waals surface area contributed by atoms with Gasteiger partial charge in [0.15, 0.2) is 0 Å². The molecule has 2 aromatic rings. The number of nitrogens with zero attached hydrogens (tertiary/aromatic N) is 2. The molecule has 3 rings (SSSR count). The van der Waals surface area contributed by atoms with Gasteiger partial charge < -0.3 is 9.88 Å². The summed E-state index contributed by atoms with van der Waals surface area (Å²) in [5.41, 5.74) is 3.66. The van der Waals surface area contributed by atoms with Crippen LogP contribution in [0.15, 0.2) is 36.7 Å². The predicted octanol–water partition coefficient (Wildman–Crippen LogP) is 3.43. The van der Waals surface area contributed by atoms with Gasteiger partial charge in [-0.15, -0.1) is 0 Å². The molecule has 0 aliphatic carbocycles. The maximum absolute atomic E-state index is 4.49. The highest BCUT2D eigenvalue weighted by molar-refractivity contribution is 5.79. The normalized spacial score (nSPS) is 21.4. The number of benzene rings is 1. The molecule has 1 aliphatic heterocycles. The Morgan fingerprint density at radius 1 is 1.16 bits per heavy atom. The number of fused-ring (bicyclic) bond motifs is 1. The van der Waals surface area contributed by atoms with Crippen LogP contribution in [-0.4, -0.2) is 20.6 Å². The van der Waals surface area contributed by atoms with Gasteiger partial charge in [0.25, 0.3) is 0 Å². The minimum atomic E-state index is 0.00244. The molecule has 0 saturated heterocycles. The molecule has 2 heterocycles. The van der Waals surface area contributed by atoms with Crippen LogP contribution in [0.3, 0.4) is 0 Å². The summed E-state index contributed by atoms with van der Waals surface area (Å²) < 4.78 is 2.22. The maximum Gasteiger partial charge on any atom is 0.100 e. The number of aromatic nitrogens is 2. The Bertz CT molecular complexity index is 647. The van der Waals surface area contributed by atoms with Crippen LogP contribution in [0.4, 0.5) is 0 Å². The molecule has 0 bridgehead atoms. The number of hydrogen-bond acceptors (Lipinski definition) is 2. The van der Waals surface area contributed by atoms with Crippen LogP contribution in [0.25, 0.3) is 16.7 Å². The molecule has 0 saturated carbocycles. The van der Waals surface area contributed by atoms with Crippen molar-refractivity contribution >= 4 is 16.7 Å². The monoisotopic (exact) mass is 255 g/mol. The summed E-state index contributed by atoms with van der Waals surface area (Å²) >= 11 is 0. The highest BCUT2D eigenvalue weighted by Gasteiger charge is 2.32. The molecule has 0 unspecified atom stereocenters. The van der Waals surface area contributed by atoms with Gasteiger partial charge in [0.05, 0.1) is 11.0 Å². The molecule has 0 spiro atoms. The van der Waals surface area contributed by atoms with Crippen molar-refractivity contribution in [2.45, 2.75) is 45.2 Å². The third-order valence-electron chi connectivity index (χ3n) is 3.57. The molecule has 1 aliphatic rings. The van der Waals surface area contributed by atoms with E-state index in [2.05, 4.69) is 66.8 Å². The van der Waals surface area contributed by atoms with E-state index in [9.17, 15) is 0 Å². The van der Waals surface area contributed by atoms with Gasteiger partial charge >= 0.3 is 0 Å². The first-order valence-electron chi connectivity index (χ1n) is 6.80. The van der Waals surface area contributed by atoms with E-state index in [4.69, 9.17) is 0 Å². The largest absolute Gasteiger partial charge is 0.303 e. The van der Waals surface area contributed by atoms with E-state index in [1.807, 2.05) is 12.4 Å². The summed E-state index contributed by atoms with van der Waals surface area (Å²) in [6, 6.07) is 8.29. The Balaban J connectivity index is 2.13. The average molecular weight is 255 g/mol. The molecular formula is C16H21N3. The summed E-state index contributed by atoms with van der Waals surface area (Å²) in [7, 11) is 0. The lowest BCUT2D eigenvalue weighted by Gasteiger charge is -2.41. The minimum absolute atomic E-state index is 0.00244. The van der Waals surface area contributed by atoms with E-state index in [-0.39, 0.29) is 11.1 Å². The Morgan fingerprint density at radius 3 is 2.63 bits per heavy atom. The van der Waals surface area contributed by atoms with Crippen molar-refractivity contribution in [2.24, 2.45) is 0 Å². The van der Waals surface area contributed by atoms with Gasteiger partial charge in [0.1, 0.15) is 6.33 Å². The molecule has 1 aromatic heterocycles. The van der Waals surface area contributed by atoms with Crippen LogP contribution in [-0.2, 0) is 0 Å². The zero-order chi connectivity index (χ0) is 13.7. The van der Waals surface area contributed by atoms with Gasteiger partial charge in [-0.1, -0.05) is 12.1 Å². The van der Waals surface area contributed by atoms with Crippen molar-refractivity contribution in [3.05, 3.63) is 36.7 Å². The highest BCUT2D eigenvalue weighted by Crippen LogP contribution is 2.31. The van der Waals surface area contributed by atoms with E-state index >= 15 is 0 Å². The molecule has 0 fully saturated rings. The van der Waals surface area contributed by atoms with Gasteiger partial charge in [-0.3, -0.25) is 0 Å². The van der Waals surface area contributed by atoms with Crippen LogP contribution in [0.1, 0.15) is 34.1 Å².